The molecule has 8 heteroatoms. The maximum atomic E-state index is 10.8. The summed E-state index contributed by atoms with van der Waals surface area (Å²) in [6, 6.07) is 2.94. The fourth-order valence-electron chi connectivity index (χ4n) is 0.898. The van der Waals surface area contributed by atoms with Gasteiger partial charge in [-0.15, -0.1) is 0 Å². The second-order valence-electron chi connectivity index (χ2n) is 2.54. The molecule has 0 bridgehead atoms. The average molecular weight is 218 g/mol. The number of nitrogens with two attached hydrogens (primary N) is 1. The Morgan fingerprint density at radius 1 is 1.43 bits per heavy atom. The van der Waals surface area contributed by atoms with Crippen molar-refractivity contribution in [2.24, 2.45) is 0 Å². The Morgan fingerprint density at radius 2 is 2.00 bits per heavy atom. The van der Waals surface area contributed by atoms with Crippen molar-refractivity contribution in [3.8, 4) is 0 Å². The molecule has 0 amide bonds. The van der Waals surface area contributed by atoms with E-state index >= 15 is 0 Å². The number of benzene rings is 1. The molecule has 0 fully saturated rings. The van der Waals surface area contributed by atoms with Crippen molar-refractivity contribution in [3.05, 3.63) is 28.3 Å². The Hall–Kier alpha value is -1.43. The number of hydrogen-bond acceptors (Lipinski definition) is 4. The lowest BCUT2D eigenvalue weighted by Gasteiger charge is -2.06. The van der Waals surface area contributed by atoms with Gasteiger partial charge in [-0.1, -0.05) is 0 Å². The number of nitro benzene ring substituents is 1. The summed E-state index contributed by atoms with van der Waals surface area (Å²) >= 11 is 0. The molecule has 1 aromatic rings. The molecule has 0 spiro atoms. The molecule has 0 atom stereocenters. The molecule has 76 valence electrons. The van der Waals surface area contributed by atoms with E-state index in [0.29, 0.717) is 0 Å². The van der Waals surface area contributed by atoms with Gasteiger partial charge in [0.15, 0.2) is 0 Å². The summed E-state index contributed by atoms with van der Waals surface area (Å²) in [7, 11) is -4.55. The van der Waals surface area contributed by atoms with Gasteiger partial charge in [0.2, 0.25) is 0 Å². The Morgan fingerprint density at radius 3 is 2.43 bits per heavy atom. The first-order chi connectivity index (χ1) is 6.32. The Bertz CT molecular complexity index is 426. The first kappa shape index (κ1) is 10.6. The number of non-ortho nitro benzene ring substituents is 1. The highest BCUT2D eigenvalue weighted by atomic mass is 31.2. The summed E-state index contributed by atoms with van der Waals surface area (Å²) in [5, 5.41) is 9.78. The monoisotopic (exact) mass is 218 g/mol. The minimum absolute atomic E-state index is 0.163. The Labute approximate surface area is 78.5 Å². The second-order valence-corrected chi connectivity index (χ2v) is 4.11. The quantitative estimate of drug-likeness (QED) is 0.277. The fourth-order valence-corrected chi connectivity index (χ4v) is 1.61. The van der Waals surface area contributed by atoms with Crippen molar-refractivity contribution < 1.29 is 19.3 Å². The van der Waals surface area contributed by atoms with E-state index in [1.54, 1.807) is 0 Å². The number of anilines is 1. The highest BCUT2D eigenvalue weighted by Crippen LogP contribution is 2.36. The molecule has 0 heterocycles. The van der Waals surface area contributed by atoms with Crippen molar-refractivity contribution >= 4 is 24.3 Å². The molecule has 1 rings (SSSR count). The third kappa shape index (κ3) is 2.08. The predicted octanol–water partition coefficient (Wildman–Crippen LogP) is -0.0200. The molecule has 0 unspecified atom stereocenters. The number of hydrogen-bond donors (Lipinski definition) is 3. The highest BCUT2D eigenvalue weighted by Gasteiger charge is 2.23. The molecule has 1 aromatic carbocycles. The third-order valence-corrected chi connectivity index (χ3v) is 2.55. The fraction of sp³-hybridized carbons (Fsp3) is 0. The number of nitrogen functional groups attached to an aromatic ring is 1. The minimum atomic E-state index is -4.55. The van der Waals surface area contributed by atoms with E-state index in [1.165, 1.54) is 0 Å². The second kappa shape index (κ2) is 3.38. The van der Waals surface area contributed by atoms with E-state index in [2.05, 4.69) is 0 Å². The number of nitro groups is 1. The molecule has 0 saturated carbocycles. The van der Waals surface area contributed by atoms with E-state index in [9.17, 15) is 14.7 Å². The lowest BCUT2D eigenvalue weighted by Crippen LogP contribution is -2.11. The standard InChI is InChI=1S/C6H7N2O5P/c7-5-2-1-4(8(9)10)3-6(5)14(11,12)13/h1-3H,7H2,(H2,11,12,13). The van der Waals surface area contributed by atoms with E-state index < -0.39 is 23.5 Å². The summed E-state index contributed by atoms with van der Waals surface area (Å²) in [6.45, 7) is 0. The van der Waals surface area contributed by atoms with Crippen LogP contribution in [0.5, 0.6) is 0 Å². The van der Waals surface area contributed by atoms with Crippen LogP contribution in [0, 0.1) is 10.1 Å². The molecule has 0 aliphatic carbocycles. The summed E-state index contributed by atoms with van der Waals surface area (Å²) in [6.07, 6.45) is 0. The van der Waals surface area contributed by atoms with Crippen molar-refractivity contribution in [1.82, 2.24) is 0 Å². The van der Waals surface area contributed by atoms with Gasteiger partial charge in [-0.05, 0) is 6.07 Å². The summed E-state index contributed by atoms with van der Waals surface area (Å²) in [4.78, 5) is 27.1. The number of rotatable bonds is 2. The van der Waals surface area contributed by atoms with Gasteiger partial charge < -0.3 is 15.5 Å². The molecular formula is C6H7N2O5P. The van der Waals surface area contributed by atoms with Gasteiger partial charge in [0, 0.05) is 17.8 Å². The number of nitrogens with zero attached hydrogens (tertiary/aromatic N) is 1. The smallest absolute Gasteiger partial charge is 0.358 e. The first-order valence-electron chi connectivity index (χ1n) is 3.42. The molecule has 0 aromatic heterocycles. The lowest BCUT2D eigenvalue weighted by atomic mass is 10.3. The normalized spacial score (nSPS) is 11.3. The maximum absolute atomic E-state index is 10.8. The minimum Gasteiger partial charge on any atom is -0.398 e. The molecule has 4 N–H and O–H groups in total. The van der Waals surface area contributed by atoms with Gasteiger partial charge in [0.25, 0.3) is 5.69 Å². The maximum Gasteiger partial charge on any atom is 0.358 e. The zero-order chi connectivity index (χ0) is 10.9. The lowest BCUT2D eigenvalue weighted by molar-refractivity contribution is -0.384. The van der Waals surface area contributed by atoms with Crippen LogP contribution in [0.1, 0.15) is 0 Å². The first-order valence-corrected chi connectivity index (χ1v) is 5.03. The topological polar surface area (TPSA) is 127 Å². The van der Waals surface area contributed by atoms with Gasteiger partial charge in [-0.3, -0.25) is 14.7 Å². The van der Waals surface area contributed by atoms with Gasteiger partial charge in [-0.25, -0.2) is 0 Å². The van der Waals surface area contributed by atoms with Crippen molar-refractivity contribution in [2.45, 2.75) is 0 Å². The summed E-state index contributed by atoms with van der Waals surface area (Å²) < 4.78 is 10.8. The zero-order valence-corrected chi connectivity index (χ0v) is 7.72. The third-order valence-electron chi connectivity index (χ3n) is 1.54. The van der Waals surface area contributed by atoms with Crippen LogP contribution in [0.3, 0.4) is 0 Å². The SMILES string of the molecule is Nc1ccc([N+](=O)[O-])cc1P(=O)(O)O. The summed E-state index contributed by atoms with van der Waals surface area (Å²) in [5.41, 5.74) is 4.69. The Kier molecular flexibility index (Phi) is 2.57. The molecule has 0 aliphatic heterocycles. The van der Waals surface area contributed by atoms with Gasteiger partial charge >= 0.3 is 7.60 Å². The molecule has 14 heavy (non-hydrogen) atoms. The molecule has 0 radical (unpaired) electrons. The van der Waals surface area contributed by atoms with Crippen LogP contribution < -0.4 is 11.0 Å². The van der Waals surface area contributed by atoms with E-state index in [1.807, 2.05) is 0 Å². The summed E-state index contributed by atoms with van der Waals surface area (Å²) in [5.74, 6) is 0. The average Bonchev–Trinajstić information content (AvgIpc) is 2.02. The van der Waals surface area contributed by atoms with Gasteiger partial charge in [-0.2, -0.15) is 0 Å². The van der Waals surface area contributed by atoms with Crippen LogP contribution in [0.25, 0.3) is 0 Å². The van der Waals surface area contributed by atoms with E-state index in [0.717, 1.165) is 18.2 Å². The highest BCUT2D eigenvalue weighted by molar-refractivity contribution is 7.60. The Balaban J connectivity index is 3.36. The van der Waals surface area contributed by atoms with Crippen LogP contribution in [-0.2, 0) is 4.57 Å². The van der Waals surface area contributed by atoms with E-state index in [-0.39, 0.29) is 5.69 Å². The van der Waals surface area contributed by atoms with Crippen LogP contribution in [-0.4, -0.2) is 14.7 Å². The van der Waals surface area contributed by atoms with Gasteiger partial charge in [0.05, 0.1) is 10.2 Å². The molecule has 0 saturated heterocycles. The van der Waals surface area contributed by atoms with Crippen molar-refractivity contribution in [2.75, 3.05) is 5.73 Å². The van der Waals surface area contributed by atoms with Crippen LogP contribution in [0.15, 0.2) is 18.2 Å². The van der Waals surface area contributed by atoms with E-state index in [4.69, 9.17) is 15.5 Å². The molecule has 0 aliphatic rings. The van der Waals surface area contributed by atoms with Gasteiger partial charge in [0.1, 0.15) is 0 Å². The van der Waals surface area contributed by atoms with Crippen LogP contribution >= 0.6 is 7.60 Å². The predicted molar refractivity (Wildman–Crippen MR) is 49.2 cm³/mol. The molecular weight excluding hydrogens is 211 g/mol. The zero-order valence-electron chi connectivity index (χ0n) is 6.82. The molecule has 7 nitrogen and oxygen atoms in total. The van der Waals surface area contributed by atoms with Crippen LogP contribution in [0.4, 0.5) is 11.4 Å². The van der Waals surface area contributed by atoms with Crippen molar-refractivity contribution in [3.63, 3.8) is 0 Å². The largest absolute Gasteiger partial charge is 0.398 e. The van der Waals surface area contributed by atoms with Crippen LogP contribution in [0.2, 0.25) is 0 Å². The van der Waals surface area contributed by atoms with Crippen molar-refractivity contribution in [1.29, 1.82) is 0 Å².